The lowest BCUT2D eigenvalue weighted by molar-refractivity contribution is 0.477. The molecule has 1 unspecified atom stereocenters. The number of fused-ring (bicyclic) bond motifs is 1. The third-order valence-electron chi connectivity index (χ3n) is 4.70. The van der Waals surface area contributed by atoms with Crippen LogP contribution in [0.3, 0.4) is 0 Å². The molecule has 1 aliphatic heterocycles. The van der Waals surface area contributed by atoms with Crippen LogP contribution in [0.2, 0.25) is 0 Å². The van der Waals surface area contributed by atoms with Gasteiger partial charge in [0.05, 0.1) is 12.4 Å². The maximum atomic E-state index is 13.0. The van der Waals surface area contributed by atoms with Crippen molar-refractivity contribution in [3.63, 3.8) is 0 Å². The van der Waals surface area contributed by atoms with Crippen LogP contribution in [0.1, 0.15) is 18.4 Å². The molecule has 0 saturated carbocycles. The number of H-pyrrole nitrogens is 1. The summed E-state index contributed by atoms with van der Waals surface area (Å²) in [6.45, 7) is 1.56. The Labute approximate surface area is 146 Å². The summed E-state index contributed by atoms with van der Waals surface area (Å²) in [7, 11) is 0. The quantitative estimate of drug-likeness (QED) is 0.667. The third-order valence-corrected chi connectivity index (χ3v) is 4.70. The standard InChI is InChI=1S/C19H22FN5/c20-8-7-13-10-23-19(24-14-4-3-9-21-11-14)25-18(13)16-12-22-17-6-2-1-5-15(16)17/h1-2,5-6,10,12,14,21-22H,3-4,7-9,11H2,(H,23,24,25). The minimum absolute atomic E-state index is 0.320. The van der Waals surface area contributed by atoms with Crippen molar-refractivity contribution in [2.45, 2.75) is 25.3 Å². The number of aromatic amines is 1. The van der Waals surface area contributed by atoms with Crippen LogP contribution in [-0.4, -0.2) is 40.8 Å². The number of aromatic nitrogens is 3. The van der Waals surface area contributed by atoms with Gasteiger partial charge in [-0.25, -0.2) is 9.97 Å². The first-order chi connectivity index (χ1) is 12.3. The van der Waals surface area contributed by atoms with Crippen LogP contribution in [-0.2, 0) is 6.42 Å². The molecule has 0 aliphatic carbocycles. The van der Waals surface area contributed by atoms with E-state index in [2.05, 4.69) is 26.7 Å². The monoisotopic (exact) mass is 339 g/mol. The highest BCUT2D eigenvalue weighted by Gasteiger charge is 2.17. The summed E-state index contributed by atoms with van der Waals surface area (Å²) in [5, 5.41) is 7.88. The van der Waals surface area contributed by atoms with E-state index in [-0.39, 0.29) is 0 Å². The zero-order valence-corrected chi connectivity index (χ0v) is 14.1. The molecule has 1 atom stereocenters. The summed E-state index contributed by atoms with van der Waals surface area (Å²) in [4.78, 5) is 12.4. The predicted octanol–water partition coefficient (Wildman–Crippen LogP) is 3.30. The highest BCUT2D eigenvalue weighted by molar-refractivity contribution is 5.95. The van der Waals surface area contributed by atoms with Crippen molar-refractivity contribution in [2.24, 2.45) is 0 Å². The molecule has 0 radical (unpaired) electrons. The third kappa shape index (κ3) is 3.35. The number of para-hydroxylation sites is 1. The maximum Gasteiger partial charge on any atom is 0.223 e. The second-order valence-electron chi connectivity index (χ2n) is 6.44. The van der Waals surface area contributed by atoms with Gasteiger partial charge < -0.3 is 15.6 Å². The molecule has 3 aromatic rings. The number of nitrogens with one attached hydrogen (secondary N) is 3. The van der Waals surface area contributed by atoms with Crippen molar-refractivity contribution in [1.29, 1.82) is 0 Å². The van der Waals surface area contributed by atoms with E-state index in [1.54, 1.807) is 6.20 Å². The summed E-state index contributed by atoms with van der Waals surface area (Å²) in [5.74, 6) is 0.608. The minimum Gasteiger partial charge on any atom is -0.360 e. The molecule has 2 aromatic heterocycles. The maximum absolute atomic E-state index is 13.0. The molecule has 1 aliphatic rings. The van der Waals surface area contributed by atoms with Crippen LogP contribution in [0.15, 0.2) is 36.7 Å². The molecule has 1 aromatic carbocycles. The van der Waals surface area contributed by atoms with Gasteiger partial charge in [0.2, 0.25) is 5.95 Å². The molecule has 1 saturated heterocycles. The first kappa shape index (κ1) is 16.0. The second-order valence-corrected chi connectivity index (χ2v) is 6.44. The number of piperidine rings is 1. The van der Waals surface area contributed by atoms with E-state index >= 15 is 0 Å². The molecule has 1 fully saturated rings. The van der Waals surface area contributed by atoms with Gasteiger partial charge in [-0.1, -0.05) is 18.2 Å². The van der Waals surface area contributed by atoms with Crippen molar-refractivity contribution < 1.29 is 4.39 Å². The van der Waals surface area contributed by atoms with Crippen molar-refractivity contribution in [1.82, 2.24) is 20.3 Å². The van der Waals surface area contributed by atoms with Crippen molar-refractivity contribution in [3.8, 4) is 11.3 Å². The Balaban J connectivity index is 1.72. The number of alkyl halides is 1. The lowest BCUT2D eigenvalue weighted by Crippen LogP contribution is -2.38. The van der Waals surface area contributed by atoms with Gasteiger partial charge in [0.1, 0.15) is 0 Å². The molecule has 0 spiro atoms. The van der Waals surface area contributed by atoms with Crippen LogP contribution in [0.5, 0.6) is 0 Å². The molecular formula is C19H22FN5. The van der Waals surface area contributed by atoms with Crippen LogP contribution in [0.25, 0.3) is 22.2 Å². The number of halogens is 1. The molecule has 5 nitrogen and oxygen atoms in total. The number of benzene rings is 1. The summed E-state index contributed by atoms with van der Waals surface area (Å²) >= 11 is 0. The van der Waals surface area contributed by atoms with Crippen LogP contribution >= 0.6 is 0 Å². The van der Waals surface area contributed by atoms with Crippen LogP contribution in [0.4, 0.5) is 10.3 Å². The number of anilines is 1. The van der Waals surface area contributed by atoms with Gasteiger partial charge in [-0.3, -0.25) is 4.39 Å². The van der Waals surface area contributed by atoms with Gasteiger partial charge in [-0.05, 0) is 31.0 Å². The zero-order valence-electron chi connectivity index (χ0n) is 14.1. The molecule has 3 heterocycles. The van der Waals surface area contributed by atoms with Gasteiger partial charge in [0, 0.05) is 47.9 Å². The van der Waals surface area contributed by atoms with Crippen LogP contribution < -0.4 is 10.6 Å². The average Bonchev–Trinajstić information content (AvgIpc) is 3.08. The highest BCUT2D eigenvalue weighted by Crippen LogP contribution is 2.30. The Bertz CT molecular complexity index is 854. The van der Waals surface area contributed by atoms with Gasteiger partial charge in [-0.2, -0.15) is 0 Å². The largest absolute Gasteiger partial charge is 0.360 e. The molecule has 25 heavy (non-hydrogen) atoms. The smallest absolute Gasteiger partial charge is 0.223 e. The van der Waals surface area contributed by atoms with E-state index in [1.807, 2.05) is 24.4 Å². The number of hydrogen-bond donors (Lipinski definition) is 3. The SMILES string of the molecule is FCCc1cnc(NC2CCCNC2)nc1-c1c[nH]c2ccccc12. The first-order valence-corrected chi connectivity index (χ1v) is 8.81. The fourth-order valence-electron chi connectivity index (χ4n) is 3.42. The predicted molar refractivity (Wildman–Crippen MR) is 98.5 cm³/mol. The first-order valence-electron chi connectivity index (χ1n) is 8.81. The zero-order chi connectivity index (χ0) is 17.1. The fraction of sp³-hybridized carbons (Fsp3) is 0.368. The molecule has 6 heteroatoms. The Morgan fingerprint density at radius 2 is 2.20 bits per heavy atom. The molecular weight excluding hydrogens is 317 g/mol. The number of aryl methyl sites for hydroxylation is 1. The lowest BCUT2D eigenvalue weighted by atomic mass is 10.0. The minimum atomic E-state index is -0.419. The van der Waals surface area contributed by atoms with E-state index in [1.165, 1.54) is 0 Å². The molecule has 3 N–H and O–H groups in total. The van der Waals surface area contributed by atoms with Gasteiger partial charge >= 0.3 is 0 Å². The Morgan fingerprint density at radius 3 is 3.04 bits per heavy atom. The van der Waals surface area contributed by atoms with E-state index in [0.29, 0.717) is 18.4 Å². The van der Waals surface area contributed by atoms with E-state index in [9.17, 15) is 4.39 Å². The normalized spacial score (nSPS) is 17.7. The second kappa shape index (κ2) is 7.19. The van der Waals surface area contributed by atoms with Gasteiger partial charge in [-0.15, -0.1) is 0 Å². The molecule has 0 amide bonds. The van der Waals surface area contributed by atoms with E-state index < -0.39 is 6.67 Å². The molecule has 4 rings (SSSR count). The van der Waals surface area contributed by atoms with Crippen molar-refractivity contribution in [2.75, 3.05) is 25.1 Å². The summed E-state index contributed by atoms with van der Waals surface area (Å²) in [6.07, 6.45) is 6.26. The van der Waals surface area contributed by atoms with Gasteiger partial charge in [0.25, 0.3) is 0 Å². The Morgan fingerprint density at radius 1 is 1.28 bits per heavy atom. The molecule has 0 bridgehead atoms. The highest BCUT2D eigenvalue weighted by atomic mass is 19.1. The summed E-state index contributed by atoms with van der Waals surface area (Å²) < 4.78 is 13.0. The lowest BCUT2D eigenvalue weighted by Gasteiger charge is -2.24. The van der Waals surface area contributed by atoms with Crippen LogP contribution in [0, 0.1) is 0 Å². The summed E-state index contributed by atoms with van der Waals surface area (Å²) in [6, 6.07) is 8.41. The summed E-state index contributed by atoms with van der Waals surface area (Å²) in [5.41, 5.74) is 3.68. The van der Waals surface area contributed by atoms with E-state index in [4.69, 9.17) is 4.98 Å². The Hall–Kier alpha value is -2.47. The molecule has 130 valence electrons. The topological polar surface area (TPSA) is 65.6 Å². The number of hydrogen-bond acceptors (Lipinski definition) is 4. The van der Waals surface area contributed by atoms with Crippen molar-refractivity contribution >= 4 is 16.9 Å². The Kier molecular flexibility index (Phi) is 4.61. The average molecular weight is 339 g/mol. The van der Waals surface area contributed by atoms with E-state index in [0.717, 1.165) is 53.7 Å². The number of nitrogens with zero attached hydrogens (tertiary/aromatic N) is 2. The van der Waals surface area contributed by atoms with Crippen molar-refractivity contribution in [3.05, 3.63) is 42.2 Å². The van der Waals surface area contributed by atoms with Gasteiger partial charge in [0.15, 0.2) is 0 Å². The number of rotatable bonds is 5. The fourth-order valence-corrected chi connectivity index (χ4v) is 3.42.